The van der Waals surface area contributed by atoms with Crippen LogP contribution in [0.25, 0.3) is 0 Å². The lowest BCUT2D eigenvalue weighted by molar-refractivity contribution is 0.101. The van der Waals surface area contributed by atoms with Crippen LogP contribution in [0.2, 0.25) is 0 Å². The zero-order valence-electron chi connectivity index (χ0n) is 7.35. The van der Waals surface area contributed by atoms with Crippen LogP contribution in [-0.2, 0) is 0 Å². The molecule has 14 heavy (non-hydrogen) atoms. The van der Waals surface area contributed by atoms with E-state index in [0.29, 0.717) is 3.57 Å². The monoisotopic (exact) mass is 311 g/mol. The number of benzene rings is 1. The average molecular weight is 311 g/mol. The van der Waals surface area contributed by atoms with Gasteiger partial charge in [-0.05, 0) is 41.6 Å². The molecule has 1 rings (SSSR count). The van der Waals surface area contributed by atoms with Crippen LogP contribution in [0.15, 0.2) is 12.1 Å². The summed E-state index contributed by atoms with van der Waals surface area (Å²) >= 11 is 1.90. The Morgan fingerprint density at radius 2 is 2.07 bits per heavy atom. The molecule has 0 spiro atoms. The molecule has 0 radical (unpaired) electrons. The Morgan fingerprint density at radius 3 is 2.50 bits per heavy atom. The Labute approximate surface area is 93.6 Å². The highest BCUT2D eigenvalue weighted by atomic mass is 127. The number of rotatable bonds is 2. The number of hydrogen-bond donors (Lipinski definition) is 1. The van der Waals surface area contributed by atoms with Crippen molar-refractivity contribution in [3.63, 3.8) is 0 Å². The lowest BCUT2D eigenvalue weighted by atomic mass is 10.1. The van der Waals surface area contributed by atoms with E-state index in [4.69, 9.17) is 5.73 Å². The standard InChI is InChI=1S/C9H8F2INO/c1-4(14)5-2-6(9(10)11)8(13)3-7(5)12/h2-3,9H,13H2,1H3. The maximum atomic E-state index is 12.4. The SMILES string of the molecule is CC(=O)c1cc(C(F)F)c(N)cc1I. The van der Waals surface area contributed by atoms with Crippen molar-refractivity contribution in [3.8, 4) is 0 Å². The van der Waals surface area contributed by atoms with Gasteiger partial charge in [-0.15, -0.1) is 0 Å². The molecular weight excluding hydrogens is 303 g/mol. The van der Waals surface area contributed by atoms with Gasteiger partial charge in [0.05, 0.1) is 0 Å². The molecule has 1 aromatic rings. The van der Waals surface area contributed by atoms with Crippen molar-refractivity contribution >= 4 is 34.1 Å². The minimum absolute atomic E-state index is 0.0226. The second-order valence-electron chi connectivity index (χ2n) is 2.82. The molecule has 0 atom stereocenters. The summed E-state index contributed by atoms with van der Waals surface area (Å²) in [5.41, 5.74) is 5.42. The Hall–Kier alpha value is -0.720. The minimum atomic E-state index is -2.65. The van der Waals surface area contributed by atoms with Crippen molar-refractivity contribution < 1.29 is 13.6 Å². The molecule has 0 bridgehead atoms. The van der Waals surface area contributed by atoms with E-state index < -0.39 is 6.43 Å². The van der Waals surface area contributed by atoms with Crippen LogP contribution in [0.3, 0.4) is 0 Å². The highest BCUT2D eigenvalue weighted by molar-refractivity contribution is 14.1. The van der Waals surface area contributed by atoms with Crippen molar-refractivity contribution in [2.75, 3.05) is 5.73 Å². The van der Waals surface area contributed by atoms with Crippen LogP contribution in [0, 0.1) is 3.57 Å². The molecule has 0 heterocycles. The first-order chi connectivity index (χ1) is 6.43. The van der Waals surface area contributed by atoms with Crippen LogP contribution in [0.1, 0.15) is 29.3 Å². The molecule has 0 unspecified atom stereocenters. The summed E-state index contributed by atoms with van der Waals surface area (Å²) in [6.07, 6.45) is -2.65. The third kappa shape index (κ3) is 2.20. The molecule has 0 aromatic heterocycles. The first kappa shape index (κ1) is 11.4. The zero-order chi connectivity index (χ0) is 10.9. The van der Waals surface area contributed by atoms with Crippen LogP contribution in [-0.4, -0.2) is 5.78 Å². The van der Waals surface area contributed by atoms with Gasteiger partial charge in [-0.2, -0.15) is 0 Å². The summed E-state index contributed by atoms with van der Waals surface area (Å²) in [6.45, 7) is 1.34. The predicted molar refractivity (Wildman–Crippen MR) is 58.5 cm³/mol. The van der Waals surface area contributed by atoms with Crippen molar-refractivity contribution in [3.05, 3.63) is 26.8 Å². The van der Waals surface area contributed by atoms with Crippen molar-refractivity contribution in [2.24, 2.45) is 0 Å². The van der Waals surface area contributed by atoms with Gasteiger partial charge in [0.1, 0.15) is 0 Å². The molecule has 0 amide bonds. The Kier molecular flexibility index (Phi) is 3.41. The molecule has 0 aliphatic heterocycles. The number of alkyl halides is 2. The maximum Gasteiger partial charge on any atom is 0.265 e. The molecule has 5 heteroatoms. The summed E-state index contributed by atoms with van der Waals surface area (Å²) in [6, 6.07) is 2.54. The number of carbonyl (C=O) groups excluding carboxylic acids is 1. The maximum absolute atomic E-state index is 12.4. The number of nitrogens with two attached hydrogens (primary N) is 1. The average Bonchev–Trinajstić information content (AvgIpc) is 2.02. The van der Waals surface area contributed by atoms with E-state index in [1.807, 2.05) is 22.6 Å². The number of ketones is 1. The van der Waals surface area contributed by atoms with E-state index >= 15 is 0 Å². The smallest absolute Gasteiger partial charge is 0.265 e. The number of nitrogen functional groups attached to an aromatic ring is 1. The quantitative estimate of drug-likeness (QED) is 0.518. The Balaban J connectivity index is 3.34. The van der Waals surface area contributed by atoms with Crippen LogP contribution in [0.5, 0.6) is 0 Å². The highest BCUT2D eigenvalue weighted by Crippen LogP contribution is 2.28. The molecule has 1 aromatic carbocycles. The van der Waals surface area contributed by atoms with E-state index in [2.05, 4.69) is 0 Å². The van der Waals surface area contributed by atoms with Gasteiger partial charge < -0.3 is 5.73 Å². The van der Waals surface area contributed by atoms with E-state index in [1.54, 1.807) is 0 Å². The first-order valence-electron chi connectivity index (χ1n) is 3.81. The highest BCUT2D eigenvalue weighted by Gasteiger charge is 2.15. The molecule has 0 saturated heterocycles. The molecule has 0 aliphatic carbocycles. The molecule has 0 saturated carbocycles. The molecule has 2 nitrogen and oxygen atoms in total. The summed E-state index contributed by atoms with van der Waals surface area (Å²) in [5.74, 6) is -0.240. The minimum Gasteiger partial charge on any atom is -0.398 e. The van der Waals surface area contributed by atoms with Gasteiger partial charge in [0.2, 0.25) is 0 Å². The van der Waals surface area contributed by atoms with Crippen LogP contribution in [0.4, 0.5) is 14.5 Å². The van der Waals surface area contributed by atoms with E-state index in [0.717, 1.165) is 6.07 Å². The van der Waals surface area contributed by atoms with E-state index in [-0.39, 0.29) is 22.6 Å². The third-order valence-corrected chi connectivity index (χ3v) is 2.68. The van der Waals surface area contributed by atoms with Crippen molar-refractivity contribution in [2.45, 2.75) is 13.3 Å². The molecule has 76 valence electrons. The molecule has 2 N–H and O–H groups in total. The van der Waals surface area contributed by atoms with Crippen molar-refractivity contribution in [1.82, 2.24) is 0 Å². The number of carbonyl (C=O) groups is 1. The molecule has 0 aliphatic rings. The number of hydrogen-bond acceptors (Lipinski definition) is 2. The van der Waals surface area contributed by atoms with Crippen LogP contribution < -0.4 is 5.73 Å². The fraction of sp³-hybridized carbons (Fsp3) is 0.222. The Bertz CT molecular complexity index is 379. The summed E-state index contributed by atoms with van der Waals surface area (Å²) in [5, 5.41) is 0. The molecular formula is C9H8F2INO. The Morgan fingerprint density at radius 1 is 1.50 bits per heavy atom. The third-order valence-electron chi connectivity index (χ3n) is 1.79. The van der Waals surface area contributed by atoms with Gasteiger partial charge in [0.15, 0.2) is 5.78 Å². The van der Waals surface area contributed by atoms with Crippen molar-refractivity contribution in [1.29, 1.82) is 0 Å². The number of Topliss-reactive ketones (excluding diaryl/α,β-unsaturated/α-hetero) is 1. The number of halogens is 3. The van der Waals surface area contributed by atoms with E-state index in [9.17, 15) is 13.6 Å². The first-order valence-corrected chi connectivity index (χ1v) is 4.89. The predicted octanol–water partition coefficient (Wildman–Crippen LogP) is 3.01. The van der Waals surface area contributed by atoms with Gasteiger partial charge in [0, 0.05) is 20.4 Å². The van der Waals surface area contributed by atoms with Gasteiger partial charge in [-0.3, -0.25) is 4.79 Å². The topological polar surface area (TPSA) is 43.1 Å². The largest absolute Gasteiger partial charge is 0.398 e. The fourth-order valence-electron chi connectivity index (χ4n) is 1.06. The summed E-state index contributed by atoms with van der Waals surface area (Å²) in [4.78, 5) is 11.1. The lowest BCUT2D eigenvalue weighted by Gasteiger charge is -2.08. The fourth-order valence-corrected chi connectivity index (χ4v) is 1.94. The normalized spacial score (nSPS) is 10.6. The van der Waals surface area contributed by atoms with Crippen LogP contribution >= 0.6 is 22.6 Å². The van der Waals surface area contributed by atoms with Gasteiger partial charge in [-0.1, -0.05) is 0 Å². The lowest BCUT2D eigenvalue weighted by Crippen LogP contribution is -2.02. The molecule has 0 fully saturated rings. The second-order valence-corrected chi connectivity index (χ2v) is 3.98. The van der Waals surface area contributed by atoms with Gasteiger partial charge in [-0.25, -0.2) is 8.78 Å². The summed E-state index contributed by atoms with van der Waals surface area (Å²) < 4.78 is 25.4. The number of anilines is 1. The summed E-state index contributed by atoms with van der Waals surface area (Å²) in [7, 11) is 0. The second kappa shape index (κ2) is 4.20. The van der Waals surface area contributed by atoms with Gasteiger partial charge in [0.25, 0.3) is 6.43 Å². The van der Waals surface area contributed by atoms with Gasteiger partial charge >= 0.3 is 0 Å². The van der Waals surface area contributed by atoms with E-state index in [1.165, 1.54) is 13.0 Å². The zero-order valence-corrected chi connectivity index (χ0v) is 9.51.